The lowest BCUT2D eigenvalue weighted by molar-refractivity contribution is 0.238. The molecule has 1 aromatic carbocycles. The van der Waals surface area contributed by atoms with Crippen molar-refractivity contribution < 1.29 is 0 Å². The minimum Gasteiger partial charge on any atom is -0.307 e. The highest BCUT2D eigenvalue weighted by atomic mass is 15.0. The first-order chi connectivity index (χ1) is 10.2. The molecule has 2 aliphatic rings. The molecule has 0 aromatic heterocycles. The van der Waals surface area contributed by atoms with E-state index < -0.39 is 0 Å². The lowest BCUT2D eigenvalue weighted by Gasteiger charge is -2.39. The number of benzene rings is 1. The summed E-state index contributed by atoms with van der Waals surface area (Å²) in [6.45, 7) is 6.94. The molecule has 1 aliphatic heterocycles. The van der Waals surface area contributed by atoms with E-state index in [1.54, 1.807) is 11.1 Å². The van der Waals surface area contributed by atoms with Crippen molar-refractivity contribution in [2.24, 2.45) is 5.92 Å². The summed E-state index contributed by atoms with van der Waals surface area (Å²) in [5.41, 5.74) is 4.74. The van der Waals surface area contributed by atoms with Crippen LogP contribution in [0.15, 0.2) is 18.2 Å². The van der Waals surface area contributed by atoms with Gasteiger partial charge in [-0.15, -0.1) is 0 Å². The number of rotatable bonds is 3. The van der Waals surface area contributed by atoms with Crippen molar-refractivity contribution in [2.45, 2.75) is 83.7 Å². The number of fused-ring (bicyclic) bond motifs is 1. The maximum absolute atomic E-state index is 4.00. The van der Waals surface area contributed by atoms with E-state index in [2.05, 4.69) is 44.3 Å². The Kier molecular flexibility index (Phi) is 4.69. The Morgan fingerprint density at radius 3 is 2.57 bits per heavy atom. The molecule has 0 radical (unpaired) electrons. The fraction of sp³-hybridized carbons (Fsp3) is 0.700. The average Bonchev–Trinajstić information content (AvgIpc) is 2.54. The SMILES string of the molecule is CCC1Cc2ccc(C(C)C)cc2C(C2CCCCC2)N1. The van der Waals surface area contributed by atoms with Crippen molar-refractivity contribution in [3.05, 3.63) is 34.9 Å². The van der Waals surface area contributed by atoms with Crippen LogP contribution in [-0.4, -0.2) is 6.04 Å². The zero-order valence-electron chi connectivity index (χ0n) is 14.0. The fourth-order valence-corrected chi connectivity index (χ4v) is 4.24. The smallest absolute Gasteiger partial charge is 0.0354 e. The Morgan fingerprint density at radius 2 is 1.90 bits per heavy atom. The van der Waals surface area contributed by atoms with Crippen LogP contribution in [0.4, 0.5) is 0 Å². The van der Waals surface area contributed by atoms with Gasteiger partial charge in [-0.05, 0) is 54.2 Å². The average molecular weight is 285 g/mol. The fourth-order valence-electron chi connectivity index (χ4n) is 4.24. The largest absolute Gasteiger partial charge is 0.307 e. The summed E-state index contributed by atoms with van der Waals surface area (Å²) in [7, 11) is 0. The van der Waals surface area contributed by atoms with E-state index >= 15 is 0 Å². The van der Waals surface area contributed by atoms with E-state index in [0.717, 1.165) is 5.92 Å². The third kappa shape index (κ3) is 3.18. The Bertz CT molecular complexity index is 471. The summed E-state index contributed by atoms with van der Waals surface area (Å²) in [5, 5.41) is 4.00. The summed E-state index contributed by atoms with van der Waals surface area (Å²) in [5.74, 6) is 1.49. The normalized spacial score (nSPS) is 26.9. The van der Waals surface area contributed by atoms with Gasteiger partial charge in [-0.2, -0.15) is 0 Å². The predicted octanol–water partition coefficient (Wildman–Crippen LogP) is 5.36. The third-order valence-corrected chi connectivity index (χ3v) is 5.67. The molecule has 1 saturated carbocycles. The highest BCUT2D eigenvalue weighted by Gasteiger charge is 2.32. The number of hydrogen-bond acceptors (Lipinski definition) is 1. The van der Waals surface area contributed by atoms with Crippen molar-refractivity contribution in [1.82, 2.24) is 5.32 Å². The second kappa shape index (κ2) is 6.52. The molecular weight excluding hydrogens is 254 g/mol. The monoisotopic (exact) mass is 285 g/mol. The van der Waals surface area contributed by atoms with Crippen LogP contribution in [-0.2, 0) is 6.42 Å². The van der Waals surface area contributed by atoms with Crippen molar-refractivity contribution >= 4 is 0 Å². The summed E-state index contributed by atoms with van der Waals surface area (Å²) in [4.78, 5) is 0. The standard InChI is InChI=1S/C20H31N/c1-4-18-12-17-11-10-16(14(2)3)13-19(17)20(21-18)15-8-6-5-7-9-15/h10-11,13-15,18,20-21H,4-9,12H2,1-3H3. The molecule has 0 amide bonds. The van der Waals surface area contributed by atoms with Gasteiger partial charge in [0.2, 0.25) is 0 Å². The molecule has 0 saturated heterocycles. The molecule has 1 heteroatoms. The summed E-state index contributed by atoms with van der Waals surface area (Å²) >= 11 is 0. The molecule has 2 atom stereocenters. The summed E-state index contributed by atoms with van der Waals surface area (Å²) < 4.78 is 0. The lowest BCUT2D eigenvalue weighted by atomic mass is 9.76. The predicted molar refractivity (Wildman–Crippen MR) is 90.8 cm³/mol. The minimum absolute atomic E-state index is 0.609. The zero-order chi connectivity index (χ0) is 14.8. The van der Waals surface area contributed by atoms with Gasteiger partial charge >= 0.3 is 0 Å². The van der Waals surface area contributed by atoms with Gasteiger partial charge in [0, 0.05) is 12.1 Å². The maximum atomic E-state index is 4.00. The van der Waals surface area contributed by atoms with Gasteiger partial charge in [0.05, 0.1) is 0 Å². The molecule has 21 heavy (non-hydrogen) atoms. The highest BCUT2D eigenvalue weighted by molar-refractivity contribution is 5.38. The Hall–Kier alpha value is -0.820. The van der Waals surface area contributed by atoms with Gasteiger partial charge < -0.3 is 5.32 Å². The van der Waals surface area contributed by atoms with Gasteiger partial charge in [0.25, 0.3) is 0 Å². The molecule has 3 rings (SSSR count). The van der Waals surface area contributed by atoms with Crippen LogP contribution in [0.1, 0.15) is 87.9 Å². The third-order valence-electron chi connectivity index (χ3n) is 5.67. The van der Waals surface area contributed by atoms with Gasteiger partial charge in [0.1, 0.15) is 0 Å². The van der Waals surface area contributed by atoms with Crippen LogP contribution in [0.5, 0.6) is 0 Å². The molecule has 1 N–H and O–H groups in total. The summed E-state index contributed by atoms with van der Waals surface area (Å²) in [6.07, 6.45) is 9.60. The highest BCUT2D eigenvalue weighted by Crippen LogP contribution is 2.39. The molecule has 1 nitrogen and oxygen atoms in total. The van der Waals surface area contributed by atoms with Crippen molar-refractivity contribution in [3.63, 3.8) is 0 Å². The van der Waals surface area contributed by atoms with Crippen LogP contribution in [0.3, 0.4) is 0 Å². The van der Waals surface area contributed by atoms with Gasteiger partial charge in [-0.1, -0.05) is 58.2 Å². The first kappa shape index (κ1) is 15.1. The van der Waals surface area contributed by atoms with Crippen molar-refractivity contribution in [2.75, 3.05) is 0 Å². The molecule has 0 spiro atoms. The van der Waals surface area contributed by atoms with E-state index in [1.165, 1.54) is 50.5 Å². The van der Waals surface area contributed by atoms with Crippen LogP contribution >= 0.6 is 0 Å². The molecule has 1 heterocycles. The molecule has 2 unspecified atom stereocenters. The van der Waals surface area contributed by atoms with E-state index in [0.29, 0.717) is 18.0 Å². The first-order valence-corrected chi connectivity index (χ1v) is 9.07. The van der Waals surface area contributed by atoms with Crippen LogP contribution in [0.2, 0.25) is 0 Å². The topological polar surface area (TPSA) is 12.0 Å². The Labute approximate surface area is 130 Å². The molecule has 116 valence electrons. The van der Waals surface area contributed by atoms with Gasteiger partial charge in [-0.3, -0.25) is 0 Å². The second-order valence-electron chi connectivity index (χ2n) is 7.46. The van der Waals surface area contributed by atoms with Gasteiger partial charge in [-0.25, -0.2) is 0 Å². The maximum Gasteiger partial charge on any atom is 0.0354 e. The number of hydrogen-bond donors (Lipinski definition) is 1. The van der Waals surface area contributed by atoms with Crippen molar-refractivity contribution in [3.8, 4) is 0 Å². The first-order valence-electron chi connectivity index (χ1n) is 9.07. The van der Waals surface area contributed by atoms with Crippen LogP contribution in [0, 0.1) is 5.92 Å². The Morgan fingerprint density at radius 1 is 1.14 bits per heavy atom. The molecular formula is C20H31N. The van der Waals surface area contributed by atoms with Gasteiger partial charge in [0.15, 0.2) is 0 Å². The molecule has 1 fully saturated rings. The zero-order valence-corrected chi connectivity index (χ0v) is 14.0. The molecule has 0 bridgehead atoms. The minimum atomic E-state index is 0.609. The van der Waals surface area contributed by atoms with Crippen molar-refractivity contribution in [1.29, 1.82) is 0 Å². The van der Waals surface area contributed by atoms with Crippen LogP contribution in [0.25, 0.3) is 0 Å². The number of nitrogens with one attached hydrogen (secondary N) is 1. The van der Waals surface area contributed by atoms with E-state index in [4.69, 9.17) is 0 Å². The van der Waals surface area contributed by atoms with E-state index in [9.17, 15) is 0 Å². The second-order valence-corrected chi connectivity index (χ2v) is 7.46. The lowest BCUT2D eigenvalue weighted by Crippen LogP contribution is -2.42. The van der Waals surface area contributed by atoms with E-state index in [-0.39, 0.29) is 0 Å². The quantitative estimate of drug-likeness (QED) is 0.788. The summed E-state index contributed by atoms with van der Waals surface area (Å²) in [6, 6.07) is 8.58. The molecule has 1 aliphatic carbocycles. The Balaban J connectivity index is 1.93. The van der Waals surface area contributed by atoms with Crippen LogP contribution < -0.4 is 5.32 Å². The van der Waals surface area contributed by atoms with E-state index in [1.807, 2.05) is 0 Å². The molecule has 1 aromatic rings.